The molecule has 1 aromatic heterocycles. The minimum absolute atomic E-state index is 0.0149. The standard InChI is InChI=1S/C24H24N4O4/c1-32-20-9-5-6-18(16-20)17-23(30)26-12-14-27(15-13-26)24(31)21-10-11-22(29)28(25-21)19-7-3-2-4-8-19/h2-11,16H,12-15,17H2,1H3. The van der Waals surface area contributed by atoms with Gasteiger partial charge in [-0.3, -0.25) is 14.4 Å². The summed E-state index contributed by atoms with van der Waals surface area (Å²) >= 11 is 0. The van der Waals surface area contributed by atoms with Crippen LogP contribution in [0, 0.1) is 0 Å². The summed E-state index contributed by atoms with van der Waals surface area (Å²) < 4.78 is 6.44. The molecule has 8 heteroatoms. The number of nitrogens with zero attached hydrogens (tertiary/aromatic N) is 4. The van der Waals surface area contributed by atoms with E-state index in [1.54, 1.807) is 41.2 Å². The van der Waals surface area contributed by atoms with Gasteiger partial charge in [0.05, 0.1) is 19.2 Å². The van der Waals surface area contributed by atoms with Crippen molar-refractivity contribution in [2.45, 2.75) is 6.42 Å². The third kappa shape index (κ3) is 4.69. The number of rotatable bonds is 5. The van der Waals surface area contributed by atoms with E-state index >= 15 is 0 Å². The minimum atomic E-state index is -0.305. The Balaban J connectivity index is 1.39. The van der Waals surface area contributed by atoms with E-state index in [9.17, 15) is 14.4 Å². The molecule has 0 atom stereocenters. The van der Waals surface area contributed by atoms with E-state index in [0.717, 1.165) is 11.3 Å². The number of para-hydroxylation sites is 1. The maximum absolute atomic E-state index is 13.0. The van der Waals surface area contributed by atoms with Gasteiger partial charge in [0.15, 0.2) is 0 Å². The van der Waals surface area contributed by atoms with Gasteiger partial charge in [0.1, 0.15) is 11.4 Å². The molecule has 1 saturated heterocycles. The minimum Gasteiger partial charge on any atom is -0.497 e. The van der Waals surface area contributed by atoms with Crippen LogP contribution in [0.1, 0.15) is 16.1 Å². The molecule has 2 heterocycles. The molecule has 1 aliphatic rings. The molecule has 164 valence electrons. The molecule has 0 bridgehead atoms. The second-order valence-electron chi connectivity index (χ2n) is 7.51. The summed E-state index contributed by atoms with van der Waals surface area (Å²) in [4.78, 5) is 41.3. The average Bonchev–Trinajstić information content (AvgIpc) is 2.84. The number of ether oxygens (including phenoxy) is 1. The normalized spacial score (nSPS) is 13.7. The highest BCUT2D eigenvalue weighted by Crippen LogP contribution is 2.15. The Labute approximate surface area is 185 Å². The van der Waals surface area contributed by atoms with Crippen molar-refractivity contribution in [3.63, 3.8) is 0 Å². The molecule has 0 spiro atoms. The van der Waals surface area contributed by atoms with Gasteiger partial charge >= 0.3 is 0 Å². The molecular weight excluding hydrogens is 408 g/mol. The first-order valence-electron chi connectivity index (χ1n) is 10.4. The molecule has 2 aromatic carbocycles. The second-order valence-corrected chi connectivity index (χ2v) is 7.51. The van der Waals surface area contributed by atoms with Gasteiger partial charge in [0.2, 0.25) is 5.91 Å². The lowest BCUT2D eigenvalue weighted by molar-refractivity contribution is -0.131. The van der Waals surface area contributed by atoms with Gasteiger partial charge in [0, 0.05) is 32.2 Å². The predicted molar refractivity (Wildman–Crippen MR) is 119 cm³/mol. The van der Waals surface area contributed by atoms with E-state index in [0.29, 0.717) is 31.9 Å². The van der Waals surface area contributed by atoms with E-state index in [4.69, 9.17) is 4.74 Å². The second kappa shape index (κ2) is 9.47. The molecular formula is C24H24N4O4. The SMILES string of the molecule is COc1cccc(CC(=O)N2CCN(C(=O)c3ccc(=O)n(-c4ccccc4)n3)CC2)c1. The van der Waals surface area contributed by atoms with Crippen LogP contribution in [0.4, 0.5) is 0 Å². The van der Waals surface area contributed by atoms with E-state index in [2.05, 4.69) is 5.10 Å². The van der Waals surface area contributed by atoms with Crippen molar-refractivity contribution >= 4 is 11.8 Å². The van der Waals surface area contributed by atoms with Crippen molar-refractivity contribution < 1.29 is 14.3 Å². The molecule has 32 heavy (non-hydrogen) atoms. The molecule has 0 saturated carbocycles. The first kappa shape index (κ1) is 21.3. The van der Waals surface area contributed by atoms with Crippen LogP contribution in [0.2, 0.25) is 0 Å². The summed E-state index contributed by atoms with van der Waals surface area (Å²) in [5.41, 5.74) is 1.38. The van der Waals surface area contributed by atoms with E-state index in [1.165, 1.54) is 16.8 Å². The fourth-order valence-electron chi connectivity index (χ4n) is 3.67. The first-order valence-corrected chi connectivity index (χ1v) is 10.4. The monoisotopic (exact) mass is 432 g/mol. The van der Waals surface area contributed by atoms with Crippen LogP contribution in [-0.4, -0.2) is 64.7 Å². The highest BCUT2D eigenvalue weighted by molar-refractivity contribution is 5.92. The zero-order chi connectivity index (χ0) is 22.5. The van der Waals surface area contributed by atoms with Crippen molar-refractivity contribution in [2.24, 2.45) is 0 Å². The van der Waals surface area contributed by atoms with Crippen LogP contribution in [0.15, 0.2) is 71.5 Å². The molecule has 0 unspecified atom stereocenters. The molecule has 0 N–H and O–H groups in total. The fourth-order valence-corrected chi connectivity index (χ4v) is 3.67. The lowest BCUT2D eigenvalue weighted by Crippen LogP contribution is -2.51. The lowest BCUT2D eigenvalue weighted by Gasteiger charge is -2.34. The quantitative estimate of drug-likeness (QED) is 0.614. The zero-order valence-corrected chi connectivity index (χ0v) is 17.8. The Morgan fingerprint density at radius 2 is 1.62 bits per heavy atom. The number of piperazine rings is 1. The molecule has 2 amide bonds. The summed E-state index contributed by atoms with van der Waals surface area (Å²) in [6.07, 6.45) is 0.286. The number of hydrogen-bond acceptors (Lipinski definition) is 5. The van der Waals surface area contributed by atoms with E-state index in [-0.39, 0.29) is 29.5 Å². The highest BCUT2D eigenvalue weighted by atomic mass is 16.5. The molecule has 4 rings (SSSR count). The molecule has 3 aromatic rings. The van der Waals surface area contributed by atoms with E-state index in [1.807, 2.05) is 30.3 Å². The number of aromatic nitrogens is 2. The van der Waals surface area contributed by atoms with Gasteiger partial charge in [-0.2, -0.15) is 9.78 Å². The topological polar surface area (TPSA) is 84.7 Å². The van der Waals surface area contributed by atoms with Crippen molar-refractivity contribution in [2.75, 3.05) is 33.3 Å². The Bertz CT molecular complexity index is 1170. The van der Waals surface area contributed by atoms with Crippen LogP contribution in [0.5, 0.6) is 5.75 Å². The number of carbonyl (C=O) groups excluding carboxylic acids is 2. The van der Waals surface area contributed by atoms with Crippen molar-refractivity contribution in [3.8, 4) is 11.4 Å². The molecule has 1 aliphatic heterocycles. The number of hydrogen-bond donors (Lipinski definition) is 0. The molecule has 1 fully saturated rings. The number of amides is 2. The smallest absolute Gasteiger partial charge is 0.274 e. The maximum atomic E-state index is 13.0. The van der Waals surface area contributed by atoms with Crippen molar-refractivity contribution in [1.29, 1.82) is 0 Å². The van der Waals surface area contributed by atoms with Gasteiger partial charge < -0.3 is 14.5 Å². The third-order valence-electron chi connectivity index (χ3n) is 5.43. The number of carbonyl (C=O) groups is 2. The van der Waals surface area contributed by atoms with Gasteiger partial charge in [-0.15, -0.1) is 0 Å². The third-order valence-corrected chi connectivity index (χ3v) is 5.43. The summed E-state index contributed by atoms with van der Waals surface area (Å²) in [7, 11) is 1.60. The largest absolute Gasteiger partial charge is 0.497 e. The summed E-state index contributed by atoms with van der Waals surface area (Å²) in [6, 6.07) is 19.2. The molecule has 0 aliphatic carbocycles. The first-order chi connectivity index (χ1) is 15.5. The molecule has 8 nitrogen and oxygen atoms in total. The molecule has 0 radical (unpaired) electrons. The van der Waals surface area contributed by atoms with Gasteiger partial charge in [0.25, 0.3) is 11.5 Å². The fraction of sp³-hybridized carbons (Fsp3) is 0.250. The zero-order valence-electron chi connectivity index (χ0n) is 17.8. The highest BCUT2D eigenvalue weighted by Gasteiger charge is 2.26. The van der Waals surface area contributed by atoms with Gasteiger partial charge in [-0.25, -0.2) is 0 Å². The van der Waals surface area contributed by atoms with Gasteiger partial charge in [-0.1, -0.05) is 30.3 Å². The Hall–Kier alpha value is -3.94. The van der Waals surface area contributed by atoms with Crippen LogP contribution >= 0.6 is 0 Å². The summed E-state index contributed by atoms with van der Waals surface area (Å²) in [5, 5.41) is 4.26. The Morgan fingerprint density at radius 1 is 0.906 bits per heavy atom. The van der Waals surface area contributed by atoms with Crippen LogP contribution in [-0.2, 0) is 11.2 Å². The van der Waals surface area contributed by atoms with Crippen LogP contribution in [0.3, 0.4) is 0 Å². The Kier molecular flexibility index (Phi) is 6.30. The average molecular weight is 432 g/mol. The van der Waals surface area contributed by atoms with E-state index < -0.39 is 0 Å². The van der Waals surface area contributed by atoms with Crippen molar-refractivity contribution in [1.82, 2.24) is 19.6 Å². The maximum Gasteiger partial charge on any atom is 0.274 e. The van der Waals surface area contributed by atoms with Crippen molar-refractivity contribution in [3.05, 3.63) is 88.3 Å². The van der Waals surface area contributed by atoms with Crippen LogP contribution in [0.25, 0.3) is 5.69 Å². The number of benzene rings is 2. The Morgan fingerprint density at radius 3 is 2.34 bits per heavy atom. The lowest BCUT2D eigenvalue weighted by atomic mass is 10.1. The van der Waals surface area contributed by atoms with Gasteiger partial charge in [-0.05, 0) is 35.9 Å². The summed E-state index contributed by atoms with van der Waals surface area (Å²) in [6.45, 7) is 1.73. The number of methoxy groups -OCH3 is 1. The predicted octanol–water partition coefficient (Wildman–Crippen LogP) is 1.77. The van der Waals surface area contributed by atoms with Crippen LogP contribution < -0.4 is 10.3 Å². The summed E-state index contributed by atoms with van der Waals surface area (Å²) in [5.74, 6) is 0.478.